The van der Waals surface area contributed by atoms with E-state index < -0.39 is 21.8 Å². The molecule has 2 N–H and O–H groups in total. The maximum Gasteiger partial charge on any atom is 0.305 e. The van der Waals surface area contributed by atoms with Crippen molar-refractivity contribution in [2.75, 3.05) is 11.4 Å². The van der Waals surface area contributed by atoms with Crippen LogP contribution in [0.3, 0.4) is 0 Å². The van der Waals surface area contributed by atoms with Crippen LogP contribution in [0.25, 0.3) is 0 Å². The molecule has 154 valence electrons. The van der Waals surface area contributed by atoms with Crippen molar-refractivity contribution in [3.63, 3.8) is 0 Å². The first-order valence-corrected chi connectivity index (χ1v) is 11.2. The number of rotatable bonds is 6. The Balaban J connectivity index is 1.52. The third-order valence-electron chi connectivity index (χ3n) is 5.87. The summed E-state index contributed by atoms with van der Waals surface area (Å²) in [5, 5.41) is 9.09. The number of halogens is 1. The Bertz CT molecular complexity index is 1010. The van der Waals surface area contributed by atoms with Crippen molar-refractivity contribution in [3.8, 4) is 0 Å². The fourth-order valence-corrected chi connectivity index (χ4v) is 5.90. The Labute approximate surface area is 169 Å². The summed E-state index contributed by atoms with van der Waals surface area (Å²) in [7, 11) is -3.73. The van der Waals surface area contributed by atoms with Crippen molar-refractivity contribution in [2.45, 2.75) is 48.6 Å². The number of carboxylic acid groups (broad SMARTS) is 1. The highest BCUT2D eigenvalue weighted by Crippen LogP contribution is 2.47. The highest BCUT2D eigenvalue weighted by Gasteiger charge is 2.42. The molecule has 4 rings (SSSR count). The average Bonchev–Trinajstić information content (AvgIpc) is 2.99. The summed E-state index contributed by atoms with van der Waals surface area (Å²) < 4.78 is 41.3. The molecule has 6 nitrogen and oxygen atoms in total. The van der Waals surface area contributed by atoms with Gasteiger partial charge in [-0.3, -0.25) is 4.79 Å². The molecule has 2 unspecified atom stereocenters. The predicted octanol–water partition coefficient (Wildman–Crippen LogP) is 3.10. The van der Waals surface area contributed by atoms with Gasteiger partial charge in [-0.1, -0.05) is 18.2 Å². The van der Waals surface area contributed by atoms with Crippen LogP contribution in [-0.4, -0.2) is 38.1 Å². The Morgan fingerprint density at radius 1 is 1.14 bits per heavy atom. The van der Waals surface area contributed by atoms with Crippen molar-refractivity contribution >= 4 is 21.7 Å². The summed E-state index contributed by atoms with van der Waals surface area (Å²) >= 11 is 0. The molecule has 3 atom stereocenters. The second kappa shape index (κ2) is 7.76. The second-order valence-electron chi connectivity index (χ2n) is 7.65. The number of hydrogen-bond donors (Lipinski definition) is 2. The lowest BCUT2D eigenvalue weighted by Crippen LogP contribution is -2.45. The van der Waals surface area contributed by atoms with Crippen LogP contribution in [0.2, 0.25) is 0 Å². The minimum atomic E-state index is -3.73. The molecule has 29 heavy (non-hydrogen) atoms. The molecule has 1 heterocycles. The van der Waals surface area contributed by atoms with Crippen molar-refractivity contribution in [2.24, 2.45) is 0 Å². The van der Waals surface area contributed by atoms with Gasteiger partial charge >= 0.3 is 5.97 Å². The molecule has 0 radical (unpaired) electrons. The number of aliphatic carboxylic acids is 1. The Hall–Kier alpha value is -2.45. The van der Waals surface area contributed by atoms with Crippen molar-refractivity contribution in [3.05, 3.63) is 59.9 Å². The number of sulfonamides is 1. The first-order chi connectivity index (χ1) is 13.8. The number of carbonyl (C=O) groups is 1. The molecule has 2 aromatic carbocycles. The number of benzene rings is 2. The number of hydrogen-bond acceptors (Lipinski definition) is 4. The van der Waals surface area contributed by atoms with E-state index in [1.165, 1.54) is 12.1 Å². The van der Waals surface area contributed by atoms with E-state index in [0.29, 0.717) is 19.4 Å². The fraction of sp³-hybridized carbons (Fsp3) is 0.381. The molecular formula is C21H23FN2O4S. The molecule has 8 heteroatoms. The molecule has 0 spiro atoms. The molecule has 1 fully saturated rings. The SMILES string of the molecule is O=C(O)CCN1c2ccccc2C2C[C@@H](NS(=O)(=O)c3ccc(F)cc3)CCC21. The maximum absolute atomic E-state index is 13.1. The van der Waals surface area contributed by atoms with E-state index in [0.717, 1.165) is 29.8 Å². The molecule has 1 aliphatic carbocycles. The van der Waals surface area contributed by atoms with Crippen LogP contribution >= 0.6 is 0 Å². The number of carboxylic acids is 1. The van der Waals surface area contributed by atoms with Gasteiger partial charge in [-0.05, 0) is 55.2 Å². The smallest absolute Gasteiger partial charge is 0.305 e. The number of fused-ring (bicyclic) bond motifs is 3. The van der Waals surface area contributed by atoms with Crippen molar-refractivity contribution < 1.29 is 22.7 Å². The standard InChI is InChI=1S/C21H23FN2O4S/c22-14-5-8-16(9-6-14)29(27,28)23-15-7-10-20-18(13-15)17-3-1-2-4-19(17)24(20)12-11-21(25)26/h1-6,8-9,15,18,20,23H,7,10-13H2,(H,25,26)/t15-,18?,20?/m0/s1. The Morgan fingerprint density at radius 3 is 2.59 bits per heavy atom. The molecule has 1 saturated carbocycles. The van der Waals surface area contributed by atoms with Crippen molar-refractivity contribution in [1.29, 1.82) is 0 Å². The van der Waals surface area contributed by atoms with Gasteiger partial charge in [0, 0.05) is 30.2 Å². The van der Waals surface area contributed by atoms with Gasteiger partial charge < -0.3 is 10.0 Å². The van der Waals surface area contributed by atoms with E-state index in [4.69, 9.17) is 5.11 Å². The average molecular weight is 418 g/mol. The summed E-state index contributed by atoms with van der Waals surface area (Å²) in [5.74, 6) is -1.16. The molecule has 0 amide bonds. The Kier molecular flexibility index (Phi) is 5.31. The number of para-hydroxylation sites is 1. The zero-order valence-corrected chi connectivity index (χ0v) is 16.6. The van der Waals surface area contributed by atoms with Gasteiger partial charge in [0.25, 0.3) is 0 Å². The van der Waals surface area contributed by atoms with Gasteiger partial charge in [-0.2, -0.15) is 0 Å². The molecule has 2 aromatic rings. The van der Waals surface area contributed by atoms with E-state index >= 15 is 0 Å². The topological polar surface area (TPSA) is 86.7 Å². The minimum Gasteiger partial charge on any atom is -0.481 e. The molecular weight excluding hydrogens is 395 g/mol. The highest BCUT2D eigenvalue weighted by molar-refractivity contribution is 7.89. The number of nitrogens with zero attached hydrogens (tertiary/aromatic N) is 1. The quantitative estimate of drug-likeness (QED) is 0.753. The monoisotopic (exact) mass is 418 g/mol. The van der Waals surface area contributed by atoms with Gasteiger partial charge in [0.2, 0.25) is 10.0 Å². The van der Waals surface area contributed by atoms with E-state index in [9.17, 15) is 17.6 Å². The van der Waals surface area contributed by atoms with E-state index in [-0.39, 0.29) is 29.3 Å². The summed E-state index contributed by atoms with van der Waals surface area (Å²) in [6.45, 7) is 0.444. The largest absolute Gasteiger partial charge is 0.481 e. The van der Waals surface area contributed by atoms with Gasteiger partial charge in [0.15, 0.2) is 0 Å². The molecule has 0 aromatic heterocycles. The Morgan fingerprint density at radius 2 is 1.86 bits per heavy atom. The lowest BCUT2D eigenvalue weighted by Gasteiger charge is -2.37. The van der Waals surface area contributed by atoms with Crippen LogP contribution in [0.15, 0.2) is 53.4 Å². The summed E-state index contributed by atoms with van der Waals surface area (Å²) in [5.41, 5.74) is 2.19. The first-order valence-electron chi connectivity index (χ1n) is 9.70. The van der Waals surface area contributed by atoms with Crippen LogP contribution in [0.4, 0.5) is 10.1 Å². The lowest BCUT2D eigenvalue weighted by atomic mass is 9.80. The zero-order valence-electron chi connectivity index (χ0n) is 15.8. The van der Waals surface area contributed by atoms with Gasteiger partial charge in [-0.25, -0.2) is 17.5 Å². The van der Waals surface area contributed by atoms with E-state index in [2.05, 4.69) is 9.62 Å². The molecule has 2 aliphatic rings. The summed E-state index contributed by atoms with van der Waals surface area (Å²) in [4.78, 5) is 13.3. The van der Waals surface area contributed by atoms with Gasteiger partial charge in [0.1, 0.15) is 5.82 Å². The van der Waals surface area contributed by atoms with Gasteiger partial charge in [0.05, 0.1) is 11.3 Å². The van der Waals surface area contributed by atoms with Crippen LogP contribution in [0.1, 0.15) is 37.2 Å². The van der Waals surface area contributed by atoms with E-state index in [1.54, 1.807) is 0 Å². The number of anilines is 1. The summed E-state index contributed by atoms with van der Waals surface area (Å²) in [6.07, 6.45) is 2.15. The second-order valence-corrected chi connectivity index (χ2v) is 9.37. The first kappa shape index (κ1) is 19.8. The molecule has 1 aliphatic heterocycles. The molecule has 0 saturated heterocycles. The fourth-order valence-electron chi connectivity index (χ4n) is 4.61. The van der Waals surface area contributed by atoms with Crippen LogP contribution < -0.4 is 9.62 Å². The van der Waals surface area contributed by atoms with Crippen LogP contribution in [0.5, 0.6) is 0 Å². The van der Waals surface area contributed by atoms with Crippen LogP contribution in [-0.2, 0) is 14.8 Å². The highest BCUT2D eigenvalue weighted by atomic mass is 32.2. The normalized spacial score (nSPS) is 23.5. The number of nitrogens with one attached hydrogen (secondary N) is 1. The molecule has 0 bridgehead atoms. The predicted molar refractivity (Wildman–Crippen MR) is 107 cm³/mol. The summed E-state index contributed by atoms with van der Waals surface area (Å²) in [6, 6.07) is 12.7. The van der Waals surface area contributed by atoms with Crippen LogP contribution in [0, 0.1) is 5.82 Å². The van der Waals surface area contributed by atoms with Gasteiger partial charge in [-0.15, -0.1) is 0 Å². The van der Waals surface area contributed by atoms with Crippen molar-refractivity contribution in [1.82, 2.24) is 4.72 Å². The zero-order chi connectivity index (χ0) is 20.6. The minimum absolute atomic E-state index is 0.0518. The lowest BCUT2D eigenvalue weighted by molar-refractivity contribution is -0.136. The maximum atomic E-state index is 13.1. The van der Waals surface area contributed by atoms with E-state index in [1.807, 2.05) is 24.3 Å². The third-order valence-corrected chi connectivity index (χ3v) is 7.41. The third kappa shape index (κ3) is 4.00.